The molecule has 138 valence electrons. The molecule has 0 unspecified atom stereocenters. The van der Waals surface area contributed by atoms with E-state index in [4.69, 9.17) is 0 Å². The van der Waals surface area contributed by atoms with Crippen LogP contribution in [0.1, 0.15) is 40.1 Å². The zero-order valence-corrected chi connectivity index (χ0v) is 15.6. The van der Waals surface area contributed by atoms with Crippen LogP contribution in [0.5, 0.6) is 0 Å². The molecule has 2 amide bonds. The molecular formula is C18H21N3O4S. The number of carbonyl (C=O) groups excluding carboxylic acids is 2. The minimum Gasteiger partial charge on any atom is -0.267 e. The number of benzene rings is 2. The summed E-state index contributed by atoms with van der Waals surface area (Å²) in [7, 11) is -3.71. The Kier molecular flexibility index (Phi) is 6.12. The molecule has 0 fully saturated rings. The highest BCUT2D eigenvalue weighted by Gasteiger charge is 2.17. The van der Waals surface area contributed by atoms with E-state index >= 15 is 0 Å². The second-order valence-corrected chi connectivity index (χ2v) is 7.74. The Morgan fingerprint density at radius 2 is 1.58 bits per heavy atom. The molecule has 0 aliphatic carbocycles. The average molecular weight is 375 g/mol. The number of amides is 2. The normalized spacial score (nSPS) is 11.2. The molecule has 0 aliphatic heterocycles. The van der Waals surface area contributed by atoms with Crippen molar-refractivity contribution >= 4 is 21.8 Å². The lowest BCUT2D eigenvalue weighted by molar-refractivity contribution is 0.0846. The van der Waals surface area contributed by atoms with Crippen LogP contribution in [0, 0.1) is 6.92 Å². The third-order valence-electron chi connectivity index (χ3n) is 3.48. The number of carbonyl (C=O) groups is 2. The van der Waals surface area contributed by atoms with Gasteiger partial charge in [0.25, 0.3) is 11.8 Å². The fraction of sp³-hybridized carbons (Fsp3) is 0.222. The zero-order valence-electron chi connectivity index (χ0n) is 14.7. The minimum atomic E-state index is -3.71. The van der Waals surface area contributed by atoms with E-state index in [0.29, 0.717) is 5.56 Å². The average Bonchev–Trinajstić information content (AvgIpc) is 2.59. The smallest absolute Gasteiger partial charge is 0.267 e. The monoisotopic (exact) mass is 375 g/mol. The van der Waals surface area contributed by atoms with Crippen LogP contribution in [0.3, 0.4) is 0 Å². The third kappa shape index (κ3) is 4.90. The number of hydrazine groups is 1. The minimum absolute atomic E-state index is 0.0240. The zero-order chi connectivity index (χ0) is 19.3. The first-order valence-corrected chi connectivity index (χ1v) is 9.48. The maximum atomic E-state index is 12.2. The summed E-state index contributed by atoms with van der Waals surface area (Å²) in [4.78, 5) is 24.3. The fourth-order valence-electron chi connectivity index (χ4n) is 2.26. The lowest BCUT2D eigenvalue weighted by atomic mass is 10.1. The van der Waals surface area contributed by atoms with Gasteiger partial charge in [0.2, 0.25) is 10.0 Å². The molecule has 26 heavy (non-hydrogen) atoms. The van der Waals surface area contributed by atoms with Crippen molar-refractivity contribution in [1.82, 2.24) is 15.6 Å². The number of nitrogens with one attached hydrogen (secondary N) is 3. The van der Waals surface area contributed by atoms with Gasteiger partial charge in [-0.3, -0.25) is 20.4 Å². The van der Waals surface area contributed by atoms with E-state index in [2.05, 4.69) is 15.6 Å². The van der Waals surface area contributed by atoms with E-state index in [1.807, 2.05) is 6.07 Å². The van der Waals surface area contributed by atoms with Gasteiger partial charge in [0, 0.05) is 17.2 Å². The van der Waals surface area contributed by atoms with Crippen molar-refractivity contribution in [3.63, 3.8) is 0 Å². The van der Waals surface area contributed by atoms with Gasteiger partial charge in [-0.1, -0.05) is 24.3 Å². The molecule has 0 saturated heterocycles. The van der Waals surface area contributed by atoms with E-state index in [-0.39, 0.29) is 16.5 Å². The van der Waals surface area contributed by atoms with E-state index in [0.717, 1.165) is 5.56 Å². The van der Waals surface area contributed by atoms with Gasteiger partial charge >= 0.3 is 0 Å². The third-order valence-corrected chi connectivity index (χ3v) is 5.13. The Balaban J connectivity index is 2.10. The Labute approximate surface area is 152 Å². The van der Waals surface area contributed by atoms with E-state index in [1.54, 1.807) is 39.0 Å². The maximum Gasteiger partial charge on any atom is 0.269 e. The van der Waals surface area contributed by atoms with Gasteiger partial charge in [-0.05, 0) is 50.6 Å². The van der Waals surface area contributed by atoms with Crippen molar-refractivity contribution in [2.24, 2.45) is 0 Å². The van der Waals surface area contributed by atoms with Crippen molar-refractivity contribution in [2.75, 3.05) is 0 Å². The number of hydrogen-bond donors (Lipinski definition) is 3. The van der Waals surface area contributed by atoms with Crippen LogP contribution < -0.4 is 15.6 Å². The van der Waals surface area contributed by atoms with Gasteiger partial charge in [-0.25, -0.2) is 13.1 Å². The molecule has 0 aromatic heterocycles. The lowest BCUT2D eigenvalue weighted by Crippen LogP contribution is -2.42. The van der Waals surface area contributed by atoms with Crippen molar-refractivity contribution in [2.45, 2.75) is 31.7 Å². The highest BCUT2D eigenvalue weighted by molar-refractivity contribution is 7.89. The van der Waals surface area contributed by atoms with Crippen LogP contribution in [0.25, 0.3) is 0 Å². The van der Waals surface area contributed by atoms with Crippen molar-refractivity contribution in [3.8, 4) is 0 Å². The van der Waals surface area contributed by atoms with Gasteiger partial charge in [0.05, 0.1) is 4.90 Å². The summed E-state index contributed by atoms with van der Waals surface area (Å²) >= 11 is 0. The van der Waals surface area contributed by atoms with Crippen LogP contribution in [0.2, 0.25) is 0 Å². The maximum absolute atomic E-state index is 12.2. The van der Waals surface area contributed by atoms with Crippen LogP contribution >= 0.6 is 0 Å². The first-order chi connectivity index (χ1) is 12.2. The Hall–Kier alpha value is -2.71. The Bertz CT molecular complexity index is 924. The quantitative estimate of drug-likeness (QED) is 0.693. The summed E-state index contributed by atoms with van der Waals surface area (Å²) in [6.07, 6.45) is 0. The van der Waals surface area contributed by atoms with Gasteiger partial charge < -0.3 is 0 Å². The summed E-state index contributed by atoms with van der Waals surface area (Å²) < 4.78 is 26.8. The molecule has 0 aliphatic rings. The molecule has 2 aromatic rings. The molecule has 0 bridgehead atoms. The van der Waals surface area contributed by atoms with Crippen LogP contribution in [-0.4, -0.2) is 26.3 Å². The summed E-state index contributed by atoms with van der Waals surface area (Å²) in [5, 5.41) is 0. The number of sulfonamides is 1. The van der Waals surface area contributed by atoms with Crippen molar-refractivity contribution in [1.29, 1.82) is 0 Å². The van der Waals surface area contributed by atoms with Crippen LogP contribution in [-0.2, 0) is 10.0 Å². The molecule has 8 heteroatoms. The second-order valence-electron chi connectivity index (χ2n) is 6.03. The predicted octanol–water partition coefficient (Wildman–Crippen LogP) is 1.76. The molecule has 3 N–H and O–H groups in total. The molecule has 2 aromatic carbocycles. The van der Waals surface area contributed by atoms with Gasteiger partial charge in [-0.15, -0.1) is 0 Å². The molecule has 0 radical (unpaired) electrons. The van der Waals surface area contributed by atoms with E-state index < -0.39 is 21.8 Å². The standard InChI is InChI=1S/C18H21N3O4S/c1-12(2)21-26(24,25)15-9-6-8-14(11-15)17(22)19-20-18(23)16-10-5-4-7-13(16)3/h4-12,21H,1-3H3,(H,19,22)(H,20,23). The SMILES string of the molecule is Cc1ccccc1C(=O)NNC(=O)c1cccc(S(=O)(=O)NC(C)C)c1. The predicted molar refractivity (Wildman–Crippen MR) is 98.0 cm³/mol. The first kappa shape index (κ1) is 19.6. The summed E-state index contributed by atoms with van der Waals surface area (Å²) in [5.74, 6) is -1.07. The second kappa shape index (κ2) is 8.11. The Morgan fingerprint density at radius 1 is 0.923 bits per heavy atom. The lowest BCUT2D eigenvalue weighted by Gasteiger charge is -2.11. The Morgan fingerprint density at radius 3 is 2.23 bits per heavy atom. The number of rotatable bonds is 5. The van der Waals surface area contributed by atoms with E-state index in [1.165, 1.54) is 24.3 Å². The highest BCUT2D eigenvalue weighted by Crippen LogP contribution is 2.12. The molecule has 0 saturated carbocycles. The van der Waals surface area contributed by atoms with E-state index in [9.17, 15) is 18.0 Å². The van der Waals surface area contributed by atoms with Gasteiger partial charge in [-0.2, -0.15) is 0 Å². The molecule has 2 rings (SSSR count). The van der Waals surface area contributed by atoms with Gasteiger partial charge in [0.15, 0.2) is 0 Å². The molecular weight excluding hydrogens is 354 g/mol. The molecule has 0 atom stereocenters. The molecule has 0 heterocycles. The van der Waals surface area contributed by atoms with Crippen LogP contribution in [0.15, 0.2) is 53.4 Å². The van der Waals surface area contributed by atoms with Crippen LogP contribution in [0.4, 0.5) is 0 Å². The van der Waals surface area contributed by atoms with Crippen molar-refractivity contribution in [3.05, 3.63) is 65.2 Å². The van der Waals surface area contributed by atoms with Crippen molar-refractivity contribution < 1.29 is 18.0 Å². The summed E-state index contributed by atoms with van der Waals surface area (Å²) in [5.41, 5.74) is 5.93. The van der Waals surface area contributed by atoms with Gasteiger partial charge in [0.1, 0.15) is 0 Å². The summed E-state index contributed by atoms with van der Waals surface area (Å²) in [6, 6.07) is 12.3. The summed E-state index contributed by atoms with van der Waals surface area (Å²) in [6.45, 7) is 5.19. The largest absolute Gasteiger partial charge is 0.269 e. The number of aryl methyl sites for hydroxylation is 1. The molecule has 7 nitrogen and oxygen atoms in total. The topological polar surface area (TPSA) is 104 Å². The number of hydrogen-bond acceptors (Lipinski definition) is 4. The fourth-order valence-corrected chi connectivity index (χ4v) is 3.56. The highest BCUT2D eigenvalue weighted by atomic mass is 32.2. The molecule has 0 spiro atoms. The first-order valence-electron chi connectivity index (χ1n) is 7.99.